The Kier molecular flexibility index (Phi) is 16.4. The molecule has 8 atom stereocenters. The highest BCUT2D eigenvalue weighted by molar-refractivity contribution is 8.00. The number of imide groups is 1. The van der Waals surface area contributed by atoms with Crippen LogP contribution in [0.4, 0.5) is 10.5 Å². The van der Waals surface area contributed by atoms with Crippen LogP contribution in [0.2, 0.25) is 5.02 Å². The fraction of sp³-hybridized carbons (Fsp3) is 0.667. The summed E-state index contributed by atoms with van der Waals surface area (Å²) in [7, 11) is 4.70. The smallest absolute Gasteiger partial charge is 0.409 e. The quantitative estimate of drug-likeness (QED) is 0.102. The second kappa shape index (κ2) is 21.1. The number of aryl methyl sites for hydroxylation is 1. The van der Waals surface area contributed by atoms with Crippen LogP contribution >= 0.6 is 23.4 Å². The molecule has 5 aliphatic rings. The summed E-state index contributed by atoms with van der Waals surface area (Å²) in [6.07, 6.45) is 4.74. The predicted octanol–water partition coefficient (Wildman–Crippen LogP) is 5.57. The van der Waals surface area contributed by atoms with E-state index in [0.29, 0.717) is 35.8 Å². The number of amides is 5. The number of hydrogen-bond acceptors (Lipinski definition) is 13. The minimum atomic E-state index is -1.83. The molecule has 4 heterocycles. The van der Waals surface area contributed by atoms with Crippen molar-refractivity contribution in [1.82, 2.24) is 15.5 Å². The number of carbonyl (C=O) groups is 6. The Labute approximate surface area is 397 Å². The Morgan fingerprint density at radius 3 is 2.48 bits per heavy atom. The van der Waals surface area contributed by atoms with Crippen molar-refractivity contribution in [2.45, 2.75) is 146 Å². The number of likely N-dealkylation sites (tertiary alicyclic amines) is 1. The van der Waals surface area contributed by atoms with E-state index in [-0.39, 0.29) is 55.4 Å². The van der Waals surface area contributed by atoms with Gasteiger partial charge in [-0.25, -0.2) is 9.59 Å². The number of fused-ring (bicyclic) bond motifs is 5. The van der Waals surface area contributed by atoms with Gasteiger partial charge in [-0.2, -0.15) is 0 Å². The lowest BCUT2D eigenvalue weighted by Gasteiger charge is -2.42. The Hall–Kier alpha value is -4.00. The van der Waals surface area contributed by atoms with Gasteiger partial charge in [0.2, 0.25) is 23.6 Å². The number of anilines is 1. The zero-order valence-electron chi connectivity index (χ0n) is 39.6. The Morgan fingerprint density at radius 1 is 1.09 bits per heavy atom. The van der Waals surface area contributed by atoms with Gasteiger partial charge in [0.1, 0.15) is 23.9 Å². The molecule has 5 amide bonds. The maximum Gasteiger partial charge on any atom is 0.409 e. The average Bonchev–Trinajstić information content (AvgIpc) is 3.90. The predicted molar refractivity (Wildman–Crippen MR) is 249 cm³/mol. The minimum Gasteiger partial charge on any atom is -0.457 e. The highest BCUT2D eigenvalue weighted by Gasteiger charge is 2.65. The molecule has 18 heteroatoms. The number of halogens is 1. The number of benzene rings is 1. The van der Waals surface area contributed by atoms with Crippen molar-refractivity contribution in [2.75, 3.05) is 45.0 Å². The number of alkyl carbamates (subject to hydrolysis) is 1. The van der Waals surface area contributed by atoms with Gasteiger partial charge in [-0.3, -0.25) is 29.4 Å². The van der Waals surface area contributed by atoms with Gasteiger partial charge in [-0.15, -0.1) is 11.8 Å². The summed E-state index contributed by atoms with van der Waals surface area (Å²) in [6, 6.07) is 3.81. The molecule has 364 valence electrons. The lowest BCUT2D eigenvalue weighted by Crippen LogP contribution is -2.63. The molecular formula is C48H67ClN4O12S. The lowest BCUT2D eigenvalue weighted by atomic mass is 9.81. The molecule has 1 saturated carbocycles. The molecule has 1 unspecified atom stereocenters. The molecular weight excluding hydrogens is 892 g/mol. The van der Waals surface area contributed by atoms with Crippen LogP contribution in [0.25, 0.3) is 0 Å². The largest absolute Gasteiger partial charge is 0.457 e. The van der Waals surface area contributed by atoms with Crippen molar-refractivity contribution in [3.05, 3.63) is 52.1 Å². The fourth-order valence-corrected chi connectivity index (χ4v) is 11.0. The number of rotatable bonds is 12. The number of thioether (sulfide) groups is 1. The number of methoxy groups -OCH3 is 1. The third-order valence-corrected chi connectivity index (χ3v) is 15.7. The van der Waals surface area contributed by atoms with Gasteiger partial charge in [-0.05, 0) is 102 Å². The zero-order chi connectivity index (χ0) is 48.3. The topological polar surface area (TPSA) is 203 Å². The highest BCUT2D eigenvalue weighted by atomic mass is 35.5. The van der Waals surface area contributed by atoms with Crippen LogP contribution < -0.4 is 15.5 Å². The van der Waals surface area contributed by atoms with Gasteiger partial charge in [0.15, 0.2) is 11.3 Å². The number of hydrogen-bond donors (Lipinski definition) is 3. The summed E-state index contributed by atoms with van der Waals surface area (Å²) in [4.78, 5) is 82.4. The van der Waals surface area contributed by atoms with Crippen molar-refractivity contribution in [3.8, 4) is 0 Å². The number of nitrogens with one attached hydrogen (secondary N) is 2. The third kappa shape index (κ3) is 11.6. The van der Waals surface area contributed by atoms with E-state index >= 15 is 0 Å². The van der Waals surface area contributed by atoms with Gasteiger partial charge >= 0.3 is 12.1 Å². The molecule has 6 rings (SSSR count). The molecule has 66 heavy (non-hydrogen) atoms. The Morgan fingerprint density at radius 2 is 1.80 bits per heavy atom. The van der Waals surface area contributed by atoms with Crippen LogP contribution in [0, 0.1) is 24.7 Å². The molecule has 4 bridgehead atoms. The van der Waals surface area contributed by atoms with E-state index in [1.54, 1.807) is 47.0 Å². The van der Waals surface area contributed by atoms with Crippen molar-refractivity contribution in [1.29, 1.82) is 0 Å². The monoisotopic (exact) mass is 958 g/mol. The number of carbonyl (C=O) groups excluding carboxylic acids is 6. The van der Waals surface area contributed by atoms with Gasteiger partial charge in [-0.1, -0.05) is 48.4 Å². The molecule has 0 spiro atoms. The molecule has 3 N–H and O–H groups in total. The van der Waals surface area contributed by atoms with Crippen molar-refractivity contribution in [2.24, 2.45) is 17.8 Å². The minimum absolute atomic E-state index is 0.0246. The number of nitrogens with zero attached hydrogens (tertiary/aromatic N) is 2. The van der Waals surface area contributed by atoms with E-state index < -0.39 is 70.5 Å². The molecule has 0 radical (unpaired) electrons. The molecule has 0 aromatic heterocycles. The van der Waals surface area contributed by atoms with Gasteiger partial charge < -0.3 is 39.0 Å². The zero-order valence-corrected chi connectivity index (χ0v) is 41.2. The molecule has 1 aromatic carbocycles. The summed E-state index contributed by atoms with van der Waals surface area (Å²) in [5.74, 6) is -1.33. The van der Waals surface area contributed by atoms with Crippen LogP contribution in [0.15, 0.2) is 35.9 Å². The van der Waals surface area contributed by atoms with E-state index in [1.807, 2.05) is 39.0 Å². The average molecular weight is 960 g/mol. The van der Waals surface area contributed by atoms with Crippen LogP contribution in [0.5, 0.6) is 0 Å². The first-order valence-electron chi connectivity index (χ1n) is 22.9. The van der Waals surface area contributed by atoms with Gasteiger partial charge in [0, 0.05) is 59.0 Å². The van der Waals surface area contributed by atoms with E-state index in [0.717, 1.165) is 42.4 Å². The summed E-state index contributed by atoms with van der Waals surface area (Å²) < 4.78 is 30.0. The molecule has 4 fully saturated rings. The molecule has 1 aromatic rings. The van der Waals surface area contributed by atoms with E-state index in [9.17, 15) is 33.9 Å². The second-order valence-corrected chi connectivity index (χ2v) is 20.9. The van der Waals surface area contributed by atoms with Crippen LogP contribution in [0.1, 0.15) is 97.1 Å². The molecule has 3 saturated heterocycles. The maximum absolute atomic E-state index is 14.3. The van der Waals surface area contributed by atoms with Crippen molar-refractivity contribution in [3.63, 3.8) is 0 Å². The number of ether oxygens (including phenoxy) is 5. The highest BCUT2D eigenvalue weighted by Crippen LogP contribution is 2.49. The first kappa shape index (κ1) is 51.4. The number of epoxide rings is 1. The normalized spacial score (nSPS) is 33.3. The van der Waals surface area contributed by atoms with Gasteiger partial charge in [0.05, 0.1) is 28.5 Å². The fourth-order valence-electron chi connectivity index (χ4n) is 9.63. The molecule has 1 aliphatic carbocycles. The first-order valence-corrected chi connectivity index (χ1v) is 24.4. The Balaban J connectivity index is 1.12. The SMILES string of the molecule is CNC(=O)[C@H]1CC[C@H](CN2C(=O)CC(SCCCOC(C)(C)C(=O)O[C@H]3CC(=O)N(C)c4cc(cc(C)c4Cl)C/C(C)=C/C=C/[C@@H](OC)[C@@]4(O)C[C@H](OC(=O)N4)[C@@H](C)[C@@H]4O[C@@]34C)C2=O)CC1. The molecule has 16 nitrogen and oxygen atoms in total. The standard InChI is InChI=1S/C48H67ClN4O12S/c1-27-12-10-13-36(61-9)48(60)25-34(63-45(59)51-48)29(3)41-47(6,65-41)37(24-38(54)52(8)33-22-31(20-27)21-28(2)40(33)49)64-44(58)46(4,5)62-18-11-19-66-35-23-39(55)53(43(35)57)26-30-14-16-32(17-15-30)42(56)50-7/h10,12-13,21-22,29-30,32,34-37,41,60H,11,14-20,23-26H2,1-9H3,(H,50,56)(H,51,59)/b13-10+,27-12+/t29-,30-,32-,34+,35?,36-,37+,41+,47+,48+/m1/s1. The van der Waals surface area contributed by atoms with Crippen LogP contribution in [-0.4, -0.2) is 132 Å². The van der Waals surface area contributed by atoms with E-state index in [1.165, 1.54) is 28.7 Å². The Bertz CT molecular complexity index is 2090. The van der Waals surface area contributed by atoms with Crippen LogP contribution in [-0.2, 0) is 54.1 Å². The summed E-state index contributed by atoms with van der Waals surface area (Å²) >= 11 is 8.22. The number of allylic oxidation sites excluding steroid dienone is 3. The van der Waals surface area contributed by atoms with Crippen LogP contribution in [0.3, 0.4) is 0 Å². The second-order valence-electron chi connectivity index (χ2n) is 19.3. The summed E-state index contributed by atoms with van der Waals surface area (Å²) in [5.41, 5.74) is -1.39. The number of esters is 1. The van der Waals surface area contributed by atoms with E-state index in [4.69, 9.17) is 35.3 Å². The van der Waals surface area contributed by atoms with Crippen molar-refractivity contribution >= 4 is 64.7 Å². The summed E-state index contributed by atoms with van der Waals surface area (Å²) in [5, 5.41) is 17.0. The van der Waals surface area contributed by atoms with Gasteiger partial charge in [0.25, 0.3) is 0 Å². The third-order valence-electron chi connectivity index (χ3n) is 13.9. The number of aliphatic hydroxyl groups is 1. The first-order chi connectivity index (χ1) is 31.1. The molecule has 4 aliphatic heterocycles. The van der Waals surface area contributed by atoms with E-state index in [2.05, 4.69) is 10.6 Å². The maximum atomic E-state index is 14.3. The lowest BCUT2D eigenvalue weighted by molar-refractivity contribution is -0.177. The summed E-state index contributed by atoms with van der Waals surface area (Å²) in [6.45, 7) is 11.0. The van der Waals surface area contributed by atoms with Crippen molar-refractivity contribution < 1.29 is 57.6 Å².